The van der Waals surface area contributed by atoms with E-state index in [0.717, 1.165) is 6.42 Å². The molecule has 0 N–H and O–H groups in total. The molecule has 2 bridgehead atoms. The second kappa shape index (κ2) is 2.90. The minimum atomic E-state index is -0.446. The quantitative estimate of drug-likeness (QED) is 0.596. The lowest BCUT2D eigenvalue weighted by molar-refractivity contribution is -0.239. The van der Waals surface area contributed by atoms with E-state index in [9.17, 15) is 4.79 Å². The van der Waals surface area contributed by atoms with Crippen molar-refractivity contribution in [2.75, 3.05) is 13.2 Å². The molecular formula is C14H16O3. The highest BCUT2D eigenvalue weighted by atomic mass is 16.7. The smallest absolute Gasteiger partial charge is 0.175 e. The van der Waals surface area contributed by atoms with Gasteiger partial charge in [-0.2, -0.15) is 0 Å². The zero-order valence-corrected chi connectivity index (χ0v) is 9.89. The van der Waals surface area contributed by atoms with E-state index in [1.807, 2.05) is 0 Å². The molecule has 1 saturated carbocycles. The van der Waals surface area contributed by atoms with Crippen LogP contribution in [0.1, 0.15) is 13.3 Å². The number of carbonyl (C=O) groups excluding carboxylic acids is 1. The van der Waals surface area contributed by atoms with E-state index in [0.29, 0.717) is 13.2 Å². The van der Waals surface area contributed by atoms with Crippen molar-refractivity contribution >= 4 is 5.78 Å². The fourth-order valence-corrected chi connectivity index (χ4v) is 4.15. The topological polar surface area (TPSA) is 35.5 Å². The fourth-order valence-electron chi connectivity index (χ4n) is 4.15. The van der Waals surface area contributed by atoms with Crippen molar-refractivity contribution in [3.05, 3.63) is 24.3 Å². The summed E-state index contributed by atoms with van der Waals surface area (Å²) in [6.45, 7) is 3.46. The Hall–Kier alpha value is -0.930. The molecular weight excluding hydrogens is 216 g/mol. The average Bonchev–Trinajstić information content (AvgIpc) is 2.89. The third-order valence-electron chi connectivity index (χ3n) is 5.17. The number of hydrogen-bond donors (Lipinski definition) is 0. The molecule has 90 valence electrons. The van der Waals surface area contributed by atoms with Crippen LogP contribution in [0.25, 0.3) is 0 Å². The second-order valence-corrected chi connectivity index (χ2v) is 5.76. The summed E-state index contributed by atoms with van der Waals surface area (Å²) < 4.78 is 11.8. The van der Waals surface area contributed by atoms with Gasteiger partial charge in [0.25, 0.3) is 0 Å². The summed E-state index contributed by atoms with van der Waals surface area (Å²) in [4.78, 5) is 12.1. The maximum Gasteiger partial charge on any atom is 0.175 e. The summed E-state index contributed by atoms with van der Waals surface area (Å²) >= 11 is 0. The lowest BCUT2D eigenvalue weighted by Crippen LogP contribution is -2.58. The molecule has 4 atom stereocenters. The number of hydrogen-bond acceptors (Lipinski definition) is 3. The first-order valence-corrected chi connectivity index (χ1v) is 6.36. The van der Waals surface area contributed by atoms with E-state index in [4.69, 9.17) is 9.47 Å². The standard InChI is InChI=1S/C14H16O3/c1-13-9-2-3-11(10(13)4-5-12(13)15)14(8-9)16-6-7-17-14/h2-5,9-11H,6-8H2,1H3/t9-,10-,11-,13+/m0/s1. The lowest BCUT2D eigenvalue weighted by atomic mass is 9.52. The van der Waals surface area contributed by atoms with Crippen molar-refractivity contribution in [1.82, 2.24) is 0 Å². The van der Waals surface area contributed by atoms with Crippen LogP contribution in [0.5, 0.6) is 0 Å². The molecule has 0 unspecified atom stereocenters. The zero-order valence-electron chi connectivity index (χ0n) is 9.89. The van der Waals surface area contributed by atoms with Crippen LogP contribution in [0.3, 0.4) is 0 Å². The summed E-state index contributed by atoms with van der Waals surface area (Å²) in [5.74, 6) is 0.519. The van der Waals surface area contributed by atoms with Gasteiger partial charge in [-0.3, -0.25) is 4.79 Å². The molecule has 5 aliphatic rings. The molecule has 1 saturated heterocycles. The van der Waals surface area contributed by atoms with E-state index >= 15 is 0 Å². The Bertz CT molecular complexity index is 444. The third kappa shape index (κ3) is 0.987. The number of rotatable bonds is 0. The maximum atomic E-state index is 12.1. The van der Waals surface area contributed by atoms with Crippen molar-refractivity contribution in [3.63, 3.8) is 0 Å². The van der Waals surface area contributed by atoms with Crippen molar-refractivity contribution < 1.29 is 14.3 Å². The van der Waals surface area contributed by atoms with Crippen LogP contribution >= 0.6 is 0 Å². The Morgan fingerprint density at radius 1 is 1.18 bits per heavy atom. The van der Waals surface area contributed by atoms with Gasteiger partial charge in [-0.25, -0.2) is 0 Å². The molecule has 4 aliphatic carbocycles. The fraction of sp³-hybridized carbons (Fsp3) is 0.643. The van der Waals surface area contributed by atoms with E-state index in [-0.39, 0.29) is 29.0 Å². The molecule has 0 aromatic heterocycles. The molecule has 17 heavy (non-hydrogen) atoms. The van der Waals surface area contributed by atoms with Crippen molar-refractivity contribution in [2.24, 2.45) is 23.2 Å². The summed E-state index contributed by atoms with van der Waals surface area (Å²) in [6.07, 6.45) is 9.05. The Balaban J connectivity index is 1.83. The molecule has 0 radical (unpaired) electrons. The highest BCUT2D eigenvalue weighted by Gasteiger charge is 2.64. The predicted molar refractivity (Wildman–Crippen MR) is 61.1 cm³/mol. The number of ketones is 1. The molecule has 1 aliphatic heterocycles. The molecule has 2 fully saturated rings. The van der Waals surface area contributed by atoms with Crippen LogP contribution in [0.4, 0.5) is 0 Å². The SMILES string of the molecule is C[C@]12C(=O)C=C[C@H]1[C@@H]1C=C[C@H]2CC12OCCO2. The molecule has 1 heterocycles. The van der Waals surface area contributed by atoms with Gasteiger partial charge in [-0.05, 0) is 12.0 Å². The van der Waals surface area contributed by atoms with E-state index in [1.165, 1.54) is 0 Å². The third-order valence-corrected chi connectivity index (χ3v) is 5.17. The molecule has 0 aromatic rings. The Labute approximate surface area is 100 Å². The van der Waals surface area contributed by atoms with Gasteiger partial charge in [0.2, 0.25) is 0 Å². The monoisotopic (exact) mass is 232 g/mol. The van der Waals surface area contributed by atoms with Gasteiger partial charge >= 0.3 is 0 Å². The number of allylic oxidation sites excluding steroid dienone is 3. The normalized spacial score (nSPS) is 49.2. The Morgan fingerprint density at radius 3 is 2.71 bits per heavy atom. The highest BCUT2D eigenvalue weighted by Crippen LogP contribution is 2.61. The summed E-state index contributed by atoms with van der Waals surface area (Å²) in [5.41, 5.74) is -0.250. The Morgan fingerprint density at radius 2 is 1.94 bits per heavy atom. The molecule has 3 nitrogen and oxygen atoms in total. The second-order valence-electron chi connectivity index (χ2n) is 5.76. The number of carbonyl (C=O) groups is 1. The van der Waals surface area contributed by atoms with E-state index < -0.39 is 5.79 Å². The highest BCUT2D eigenvalue weighted by molar-refractivity contribution is 5.98. The summed E-state index contributed by atoms with van der Waals surface area (Å²) in [7, 11) is 0. The van der Waals surface area contributed by atoms with Gasteiger partial charge in [0.05, 0.1) is 13.2 Å². The molecule has 3 heteroatoms. The van der Waals surface area contributed by atoms with Gasteiger partial charge in [0, 0.05) is 23.7 Å². The molecule has 0 amide bonds. The first-order valence-electron chi connectivity index (χ1n) is 6.36. The van der Waals surface area contributed by atoms with E-state index in [2.05, 4.69) is 25.2 Å². The lowest BCUT2D eigenvalue weighted by Gasteiger charge is -2.55. The predicted octanol–water partition coefficient (Wildman–Crippen LogP) is 1.70. The van der Waals surface area contributed by atoms with Crippen LogP contribution in [-0.2, 0) is 14.3 Å². The van der Waals surface area contributed by atoms with Crippen LogP contribution < -0.4 is 0 Å². The molecule has 1 spiro atoms. The maximum absolute atomic E-state index is 12.1. The van der Waals surface area contributed by atoms with Crippen LogP contribution in [0.2, 0.25) is 0 Å². The molecule has 5 rings (SSSR count). The average molecular weight is 232 g/mol. The largest absolute Gasteiger partial charge is 0.347 e. The van der Waals surface area contributed by atoms with Crippen LogP contribution in [0.15, 0.2) is 24.3 Å². The first-order chi connectivity index (χ1) is 8.17. The van der Waals surface area contributed by atoms with E-state index in [1.54, 1.807) is 6.08 Å². The van der Waals surface area contributed by atoms with Gasteiger partial charge in [0.15, 0.2) is 11.6 Å². The minimum absolute atomic E-state index is 0.197. The zero-order chi connectivity index (χ0) is 11.7. The van der Waals surface area contributed by atoms with Crippen LogP contribution in [0, 0.1) is 23.2 Å². The van der Waals surface area contributed by atoms with Gasteiger partial charge < -0.3 is 9.47 Å². The summed E-state index contributed by atoms with van der Waals surface area (Å²) in [5, 5.41) is 0. The van der Waals surface area contributed by atoms with Crippen molar-refractivity contribution in [3.8, 4) is 0 Å². The van der Waals surface area contributed by atoms with Gasteiger partial charge in [0.1, 0.15) is 0 Å². The molecule has 0 aromatic carbocycles. The van der Waals surface area contributed by atoms with Gasteiger partial charge in [-0.15, -0.1) is 0 Å². The summed E-state index contributed by atoms with van der Waals surface area (Å²) in [6, 6.07) is 0. The van der Waals surface area contributed by atoms with Gasteiger partial charge in [-0.1, -0.05) is 25.2 Å². The Kier molecular flexibility index (Phi) is 1.71. The van der Waals surface area contributed by atoms with Crippen LogP contribution in [-0.4, -0.2) is 24.8 Å². The van der Waals surface area contributed by atoms with Crippen molar-refractivity contribution in [1.29, 1.82) is 0 Å². The first kappa shape index (κ1) is 10.0. The minimum Gasteiger partial charge on any atom is -0.347 e. The number of ether oxygens (including phenoxy) is 2. The van der Waals surface area contributed by atoms with Crippen molar-refractivity contribution in [2.45, 2.75) is 19.1 Å².